The van der Waals surface area contributed by atoms with E-state index in [0.717, 1.165) is 0 Å². The summed E-state index contributed by atoms with van der Waals surface area (Å²) in [7, 11) is 0. The molecule has 1 aromatic carbocycles. The number of hydrogen-bond donors (Lipinski definition) is 2. The monoisotopic (exact) mass is 288 g/mol. The van der Waals surface area contributed by atoms with Crippen LogP contribution in [0.25, 0.3) is 0 Å². The fourth-order valence-electron chi connectivity index (χ4n) is 1.64. The Balaban J connectivity index is 1.97. The van der Waals surface area contributed by atoms with Gasteiger partial charge in [0.15, 0.2) is 0 Å². The lowest BCUT2D eigenvalue weighted by Gasteiger charge is -2.07. The van der Waals surface area contributed by atoms with Gasteiger partial charge in [-0.15, -0.1) is 0 Å². The topological polar surface area (TPSA) is 80.0 Å². The lowest BCUT2D eigenvalue weighted by molar-refractivity contribution is -0.122. The molecule has 0 radical (unpaired) electrons. The summed E-state index contributed by atoms with van der Waals surface area (Å²) in [5, 5.41) is 15.0. The average molecular weight is 288 g/mol. The number of carbonyl (C=O) groups excluding carboxylic acids is 1. The number of aliphatic hydroxyl groups is 1. The Morgan fingerprint density at radius 3 is 3.05 bits per heavy atom. The van der Waals surface area contributed by atoms with Crippen molar-refractivity contribution in [3.05, 3.63) is 47.8 Å². The third-order valence-electron chi connectivity index (χ3n) is 2.61. The molecule has 0 saturated carbocycles. The standard InChI is InChI=1S/C14H13FN4O2/c15-13-4-3-11(2-1-5-20)6-12(13)7-17-14(21)8-19-10-16-9-18-19/h3-4,6,9-10,20H,5,7-8H2,(H,17,21). The molecule has 0 atom stereocenters. The molecule has 1 heterocycles. The molecule has 108 valence electrons. The van der Waals surface area contributed by atoms with Gasteiger partial charge in [0.1, 0.15) is 31.6 Å². The third-order valence-corrected chi connectivity index (χ3v) is 2.61. The van der Waals surface area contributed by atoms with E-state index in [0.29, 0.717) is 11.1 Å². The van der Waals surface area contributed by atoms with Crippen molar-refractivity contribution in [3.8, 4) is 11.8 Å². The second kappa shape index (κ2) is 7.17. The van der Waals surface area contributed by atoms with Gasteiger partial charge in [-0.3, -0.25) is 4.79 Å². The molecular formula is C14H13FN4O2. The highest BCUT2D eigenvalue weighted by molar-refractivity contribution is 5.75. The molecule has 0 fully saturated rings. The molecule has 0 saturated heterocycles. The van der Waals surface area contributed by atoms with E-state index in [9.17, 15) is 9.18 Å². The zero-order valence-corrected chi connectivity index (χ0v) is 11.1. The Hall–Kier alpha value is -2.72. The van der Waals surface area contributed by atoms with Crippen LogP contribution in [0.15, 0.2) is 30.9 Å². The number of rotatable bonds is 4. The molecule has 0 aliphatic rings. The fraction of sp³-hybridized carbons (Fsp3) is 0.214. The summed E-state index contributed by atoms with van der Waals surface area (Å²) in [4.78, 5) is 15.4. The van der Waals surface area contributed by atoms with E-state index >= 15 is 0 Å². The van der Waals surface area contributed by atoms with E-state index in [-0.39, 0.29) is 25.6 Å². The van der Waals surface area contributed by atoms with Gasteiger partial charge in [0.2, 0.25) is 5.91 Å². The molecule has 2 aromatic rings. The highest BCUT2D eigenvalue weighted by Crippen LogP contribution is 2.09. The number of carbonyl (C=O) groups is 1. The minimum absolute atomic E-state index is 0.0195. The van der Waals surface area contributed by atoms with E-state index in [1.807, 2.05) is 0 Å². The molecule has 0 spiro atoms. The van der Waals surface area contributed by atoms with Crippen molar-refractivity contribution in [3.63, 3.8) is 0 Å². The van der Waals surface area contributed by atoms with Crippen LogP contribution in [0.1, 0.15) is 11.1 Å². The Labute approximate surface area is 120 Å². The minimum Gasteiger partial charge on any atom is -0.384 e. The first kappa shape index (κ1) is 14.7. The molecule has 1 aromatic heterocycles. The van der Waals surface area contributed by atoms with Crippen molar-refractivity contribution in [2.24, 2.45) is 0 Å². The number of hydrogen-bond acceptors (Lipinski definition) is 4. The van der Waals surface area contributed by atoms with E-state index in [4.69, 9.17) is 5.11 Å². The number of benzene rings is 1. The van der Waals surface area contributed by atoms with Gasteiger partial charge in [0.05, 0.1) is 0 Å². The van der Waals surface area contributed by atoms with Crippen molar-refractivity contribution < 1.29 is 14.3 Å². The molecule has 0 unspecified atom stereocenters. The maximum atomic E-state index is 13.6. The lowest BCUT2D eigenvalue weighted by Crippen LogP contribution is -2.27. The molecule has 1 amide bonds. The zero-order valence-electron chi connectivity index (χ0n) is 11.1. The highest BCUT2D eigenvalue weighted by Gasteiger charge is 2.07. The Morgan fingerprint density at radius 1 is 1.48 bits per heavy atom. The summed E-state index contributed by atoms with van der Waals surface area (Å²) in [6.07, 6.45) is 2.75. The molecule has 0 bridgehead atoms. The average Bonchev–Trinajstić information content (AvgIpc) is 2.98. The minimum atomic E-state index is -0.425. The highest BCUT2D eigenvalue weighted by atomic mass is 19.1. The van der Waals surface area contributed by atoms with Crippen molar-refractivity contribution in [1.82, 2.24) is 20.1 Å². The van der Waals surface area contributed by atoms with Crippen LogP contribution in [0.3, 0.4) is 0 Å². The molecule has 2 N–H and O–H groups in total. The second-order valence-corrected chi connectivity index (χ2v) is 4.14. The summed E-state index contributed by atoms with van der Waals surface area (Å²) in [6, 6.07) is 4.33. The van der Waals surface area contributed by atoms with Gasteiger partial charge in [-0.1, -0.05) is 11.8 Å². The molecular weight excluding hydrogens is 275 g/mol. The summed E-state index contributed by atoms with van der Waals surface area (Å²) in [5.74, 6) is 4.44. The van der Waals surface area contributed by atoms with E-state index in [1.54, 1.807) is 0 Å². The van der Waals surface area contributed by atoms with Crippen LogP contribution in [0.5, 0.6) is 0 Å². The SMILES string of the molecule is O=C(Cn1cncn1)NCc1cc(C#CCO)ccc1F. The van der Waals surface area contributed by atoms with Crippen molar-refractivity contribution >= 4 is 5.91 Å². The largest absolute Gasteiger partial charge is 0.384 e. The van der Waals surface area contributed by atoms with Crippen LogP contribution in [0.2, 0.25) is 0 Å². The predicted molar refractivity (Wildman–Crippen MR) is 72.2 cm³/mol. The van der Waals surface area contributed by atoms with E-state index in [1.165, 1.54) is 35.5 Å². The molecule has 0 aliphatic carbocycles. The van der Waals surface area contributed by atoms with Gasteiger partial charge in [-0.05, 0) is 18.2 Å². The summed E-state index contributed by atoms with van der Waals surface area (Å²) < 4.78 is 15.0. The fourth-order valence-corrected chi connectivity index (χ4v) is 1.64. The van der Waals surface area contributed by atoms with Gasteiger partial charge in [-0.25, -0.2) is 14.1 Å². The number of nitrogens with zero attached hydrogens (tertiary/aromatic N) is 3. The first-order valence-electron chi connectivity index (χ1n) is 6.16. The van der Waals surface area contributed by atoms with Crippen LogP contribution >= 0.6 is 0 Å². The van der Waals surface area contributed by atoms with E-state index < -0.39 is 5.82 Å². The number of amides is 1. The maximum Gasteiger partial charge on any atom is 0.242 e. The summed E-state index contributed by atoms with van der Waals surface area (Å²) >= 11 is 0. The van der Waals surface area contributed by atoms with Gasteiger partial charge < -0.3 is 10.4 Å². The number of halogens is 1. The Bertz CT molecular complexity index is 674. The molecule has 21 heavy (non-hydrogen) atoms. The molecule has 6 nitrogen and oxygen atoms in total. The van der Waals surface area contributed by atoms with E-state index in [2.05, 4.69) is 27.2 Å². The zero-order chi connectivity index (χ0) is 15.1. The van der Waals surface area contributed by atoms with Crippen LogP contribution in [-0.4, -0.2) is 32.4 Å². The second-order valence-electron chi connectivity index (χ2n) is 4.14. The van der Waals surface area contributed by atoms with Crippen LogP contribution in [0, 0.1) is 17.7 Å². The van der Waals surface area contributed by atoms with Crippen molar-refractivity contribution in [1.29, 1.82) is 0 Å². The normalized spacial score (nSPS) is 9.81. The quantitative estimate of drug-likeness (QED) is 0.781. The van der Waals surface area contributed by atoms with Gasteiger partial charge >= 0.3 is 0 Å². The number of aromatic nitrogens is 3. The third kappa shape index (κ3) is 4.40. The van der Waals surface area contributed by atoms with Crippen molar-refractivity contribution in [2.45, 2.75) is 13.1 Å². The predicted octanol–water partition coefficient (Wildman–Crippen LogP) is 0.0774. The summed E-state index contributed by atoms with van der Waals surface area (Å²) in [6.45, 7) is -0.193. The van der Waals surface area contributed by atoms with Gasteiger partial charge in [0, 0.05) is 17.7 Å². The molecule has 2 rings (SSSR count). The van der Waals surface area contributed by atoms with Crippen LogP contribution in [-0.2, 0) is 17.9 Å². The number of aliphatic hydroxyl groups excluding tert-OH is 1. The molecule has 7 heteroatoms. The van der Waals surface area contributed by atoms with Crippen LogP contribution < -0.4 is 5.32 Å². The first-order valence-corrected chi connectivity index (χ1v) is 6.16. The van der Waals surface area contributed by atoms with Gasteiger partial charge in [0.25, 0.3) is 0 Å². The van der Waals surface area contributed by atoms with Crippen molar-refractivity contribution in [2.75, 3.05) is 6.61 Å². The van der Waals surface area contributed by atoms with Gasteiger partial charge in [-0.2, -0.15) is 5.10 Å². The Kier molecular flexibility index (Phi) is 5.01. The van der Waals surface area contributed by atoms with Crippen LogP contribution in [0.4, 0.5) is 4.39 Å². The summed E-state index contributed by atoms with van der Waals surface area (Å²) in [5.41, 5.74) is 0.901. The molecule has 0 aliphatic heterocycles. The maximum absolute atomic E-state index is 13.6. The smallest absolute Gasteiger partial charge is 0.242 e. The lowest BCUT2D eigenvalue weighted by atomic mass is 10.1. The number of nitrogens with one attached hydrogen (secondary N) is 1. The Morgan fingerprint density at radius 2 is 2.33 bits per heavy atom. The first-order chi connectivity index (χ1) is 10.2.